The highest BCUT2D eigenvalue weighted by molar-refractivity contribution is 5.32. The van der Waals surface area contributed by atoms with Crippen molar-refractivity contribution >= 4 is 0 Å². The molecule has 1 aliphatic carbocycles. The molecule has 174 valence electrons. The predicted molar refractivity (Wildman–Crippen MR) is 127 cm³/mol. The summed E-state index contributed by atoms with van der Waals surface area (Å²) in [4.78, 5) is 6.66. The third kappa shape index (κ3) is 4.84. The lowest BCUT2D eigenvalue weighted by molar-refractivity contribution is -0.0874. The van der Waals surface area contributed by atoms with Crippen LogP contribution in [0.5, 0.6) is 0 Å². The van der Waals surface area contributed by atoms with E-state index in [2.05, 4.69) is 45.0 Å². The minimum atomic E-state index is -0.689. The van der Waals surface area contributed by atoms with Crippen LogP contribution in [-0.4, -0.2) is 69.1 Å². The molecule has 5 rings (SSSR count). The molecule has 0 bridgehead atoms. The van der Waals surface area contributed by atoms with Gasteiger partial charge in [0.1, 0.15) is 0 Å². The quantitative estimate of drug-likeness (QED) is 0.711. The number of nitriles is 1. The number of fused-ring (bicyclic) bond motifs is 2. The van der Waals surface area contributed by atoms with Crippen LogP contribution in [0.2, 0.25) is 0 Å². The molecule has 2 N–H and O–H groups in total. The first-order valence-electron chi connectivity index (χ1n) is 12.3. The number of nitrogens with zero attached hydrogens (tertiary/aromatic N) is 4. The van der Waals surface area contributed by atoms with Gasteiger partial charge in [-0.15, -0.1) is 0 Å². The van der Waals surface area contributed by atoms with Crippen LogP contribution in [0.3, 0.4) is 0 Å². The number of hydrogen-bond acceptors (Lipinski definition) is 6. The van der Waals surface area contributed by atoms with Crippen molar-refractivity contribution in [2.45, 2.75) is 69.7 Å². The summed E-state index contributed by atoms with van der Waals surface area (Å²) in [7, 11) is 0. The van der Waals surface area contributed by atoms with Gasteiger partial charge < -0.3 is 10.2 Å². The van der Waals surface area contributed by atoms with Crippen molar-refractivity contribution in [1.82, 2.24) is 14.7 Å². The fourth-order valence-electron chi connectivity index (χ4n) is 6.03. The van der Waals surface area contributed by atoms with Gasteiger partial charge >= 0.3 is 0 Å². The number of benzene rings is 2. The van der Waals surface area contributed by atoms with Gasteiger partial charge in [0.25, 0.3) is 0 Å². The third-order valence-electron chi connectivity index (χ3n) is 7.69. The maximum atomic E-state index is 11.3. The topological polar surface area (TPSA) is 74.0 Å². The van der Waals surface area contributed by atoms with Crippen LogP contribution in [0, 0.1) is 11.3 Å². The molecule has 3 aliphatic rings. The zero-order chi connectivity index (χ0) is 22.8. The number of aliphatic hydroxyl groups excluding tert-OH is 2. The smallest absolute Gasteiger partial charge is 0.166 e. The normalized spacial score (nSPS) is 27.0. The Bertz CT molecular complexity index is 988. The Kier molecular flexibility index (Phi) is 6.77. The second kappa shape index (κ2) is 9.92. The Hall–Kier alpha value is -2.27. The van der Waals surface area contributed by atoms with Crippen LogP contribution in [0.15, 0.2) is 48.5 Å². The molecular formula is C27H34N4O2. The second-order valence-electron chi connectivity index (χ2n) is 9.85. The molecule has 2 aliphatic heterocycles. The van der Waals surface area contributed by atoms with Gasteiger partial charge in [-0.2, -0.15) is 5.26 Å². The van der Waals surface area contributed by atoms with Crippen molar-refractivity contribution < 1.29 is 10.2 Å². The highest BCUT2D eigenvalue weighted by Gasteiger charge is 2.47. The number of β-amino-alcohol motifs (C(OH)–C–C–N with tert-alkyl or cyclic N) is 1. The summed E-state index contributed by atoms with van der Waals surface area (Å²) < 4.78 is 0. The van der Waals surface area contributed by atoms with E-state index in [1.165, 1.54) is 24.0 Å². The molecule has 2 heterocycles. The molecule has 0 amide bonds. The van der Waals surface area contributed by atoms with E-state index < -0.39 is 12.5 Å². The summed E-state index contributed by atoms with van der Waals surface area (Å²) in [5.74, 6) is 0. The van der Waals surface area contributed by atoms with Gasteiger partial charge in [-0.25, -0.2) is 0 Å². The number of hydrogen-bond donors (Lipinski definition) is 2. The van der Waals surface area contributed by atoms with Gasteiger partial charge in [-0.3, -0.25) is 14.7 Å². The third-order valence-corrected chi connectivity index (χ3v) is 7.69. The Morgan fingerprint density at radius 1 is 0.939 bits per heavy atom. The van der Waals surface area contributed by atoms with Crippen molar-refractivity contribution in [2.24, 2.45) is 0 Å². The van der Waals surface area contributed by atoms with Gasteiger partial charge in [0.2, 0.25) is 0 Å². The molecule has 1 saturated heterocycles. The molecule has 1 saturated carbocycles. The monoisotopic (exact) mass is 446 g/mol. The lowest BCUT2D eigenvalue weighted by atomic mass is 9.90. The fourth-order valence-corrected chi connectivity index (χ4v) is 6.03. The van der Waals surface area contributed by atoms with E-state index in [-0.39, 0.29) is 6.04 Å². The van der Waals surface area contributed by atoms with Crippen LogP contribution < -0.4 is 0 Å². The molecule has 0 aromatic heterocycles. The average molecular weight is 447 g/mol. The van der Waals surface area contributed by atoms with Gasteiger partial charge in [0.05, 0.1) is 17.7 Å². The molecule has 33 heavy (non-hydrogen) atoms. The summed E-state index contributed by atoms with van der Waals surface area (Å²) in [6.07, 6.45) is 4.34. The molecule has 0 radical (unpaired) electrons. The zero-order valence-electron chi connectivity index (χ0n) is 19.2. The van der Waals surface area contributed by atoms with Crippen molar-refractivity contribution in [2.75, 3.05) is 19.6 Å². The lowest BCUT2D eigenvalue weighted by Crippen LogP contribution is -2.48. The van der Waals surface area contributed by atoms with E-state index in [9.17, 15) is 10.2 Å². The Morgan fingerprint density at radius 3 is 2.36 bits per heavy atom. The Balaban J connectivity index is 1.24. The SMILES string of the molecule is N#Cc1ccc(CN2C(O)N(CC(O)CN3CCc4ccccc4C3)[C@@H]3CCCC[C@H]32)cc1. The van der Waals surface area contributed by atoms with Crippen LogP contribution in [-0.2, 0) is 19.5 Å². The first-order chi connectivity index (χ1) is 16.1. The van der Waals surface area contributed by atoms with Gasteiger partial charge in [-0.1, -0.05) is 49.2 Å². The summed E-state index contributed by atoms with van der Waals surface area (Å²) in [6, 6.07) is 19.0. The molecule has 4 atom stereocenters. The maximum Gasteiger partial charge on any atom is 0.166 e. The molecule has 2 unspecified atom stereocenters. The summed E-state index contributed by atoms with van der Waals surface area (Å²) >= 11 is 0. The van der Waals surface area contributed by atoms with Crippen molar-refractivity contribution in [3.05, 3.63) is 70.8 Å². The molecular weight excluding hydrogens is 412 g/mol. The molecule has 2 aromatic carbocycles. The summed E-state index contributed by atoms with van der Waals surface area (Å²) in [6.45, 7) is 3.62. The largest absolute Gasteiger partial charge is 0.390 e. The fraction of sp³-hybridized carbons (Fsp3) is 0.519. The van der Waals surface area contributed by atoms with Crippen molar-refractivity contribution in [1.29, 1.82) is 5.26 Å². The standard InChI is InChI=1S/C27H34N4O2/c28-15-20-9-11-21(12-10-20)16-30-25-7-3-4-8-26(25)31(27(30)33)19-24(32)18-29-14-13-22-5-1-2-6-23(22)17-29/h1-2,5-6,9-12,24-27,32-33H,3-4,7-8,13-14,16-19H2/t24?,25-,26-,27?/m1/s1. The van der Waals surface area contributed by atoms with Gasteiger partial charge in [-0.05, 0) is 48.1 Å². The van der Waals surface area contributed by atoms with Crippen LogP contribution >= 0.6 is 0 Å². The maximum absolute atomic E-state index is 11.3. The molecule has 0 spiro atoms. The van der Waals surface area contributed by atoms with E-state index in [4.69, 9.17) is 5.26 Å². The van der Waals surface area contributed by atoms with Crippen LogP contribution in [0.4, 0.5) is 0 Å². The predicted octanol–water partition coefficient (Wildman–Crippen LogP) is 2.68. The highest BCUT2D eigenvalue weighted by atomic mass is 16.3. The van der Waals surface area contributed by atoms with E-state index in [0.29, 0.717) is 31.2 Å². The minimum Gasteiger partial charge on any atom is -0.390 e. The number of rotatable bonds is 6. The first-order valence-corrected chi connectivity index (χ1v) is 12.3. The van der Waals surface area contributed by atoms with E-state index in [0.717, 1.165) is 37.9 Å². The van der Waals surface area contributed by atoms with Gasteiger partial charge in [0.15, 0.2) is 6.35 Å². The highest BCUT2D eigenvalue weighted by Crippen LogP contribution is 2.36. The van der Waals surface area contributed by atoms with E-state index in [1.54, 1.807) is 0 Å². The minimum absolute atomic E-state index is 0.281. The first kappa shape index (κ1) is 22.5. The second-order valence-corrected chi connectivity index (χ2v) is 9.85. The molecule has 2 aromatic rings. The Labute approximate surface area is 196 Å². The molecule has 6 nitrogen and oxygen atoms in total. The van der Waals surface area contributed by atoms with Crippen LogP contribution in [0.25, 0.3) is 0 Å². The van der Waals surface area contributed by atoms with E-state index >= 15 is 0 Å². The molecule has 2 fully saturated rings. The summed E-state index contributed by atoms with van der Waals surface area (Å²) in [5, 5.41) is 31.4. The van der Waals surface area contributed by atoms with Crippen molar-refractivity contribution in [3.8, 4) is 6.07 Å². The molecule has 6 heteroatoms. The summed E-state index contributed by atoms with van der Waals surface area (Å²) in [5.41, 5.74) is 4.54. The average Bonchev–Trinajstić information content (AvgIpc) is 3.10. The zero-order valence-corrected chi connectivity index (χ0v) is 19.2. The Morgan fingerprint density at radius 2 is 1.64 bits per heavy atom. The van der Waals surface area contributed by atoms with Crippen molar-refractivity contribution in [3.63, 3.8) is 0 Å². The van der Waals surface area contributed by atoms with Gasteiger partial charge in [0, 0.05) is 44.8 Å². The van der Waals surface area contributed by atoms with Crippen LogP contribution in [0.1, 0.15) is 47.9 Å². The number of aliphatic hydroxyl groups is 2. The van der Waals surface area contributed by atoms with E-state index in [1.807, 2.05) is 24.3 Å². The lowest BCUT2D eigenvalue weighted by Gasteiger charge is -2.34.